The van der Waals surface area contributed by atoms with Crippen LogP contribution in [0.3, 0.4) is 0 Å². The SMILES string of the molecule is CC(C)(CN)CC(=O)OC(C)(C)CCOC(C)(C)C(=O)CC(C)(C)CN. The summed E-state index contributed by atoms with van der Waals surface area (Å²) in [5, 5.41) is 0. The average molecular weight is 373 g/mol. The van der Waals surface area contributed by atoms with Gasteiger partial charge in [0.15, 0.2) is 5.78 Å². The molecule has 6 heteroatoms. The van der Waals surface area contributed by atoms with E-state index in [4.69, 9.17) is 20.9 Å². The molecule has 0 aromatic carbocycles. The lowest BCUT2D eigenvalue weighted by atomic mass is 9.83. The molecule has 6 nitrogen and oxygen atoms in total. The largest absolute Gasteiger partial charge is 0.460 e. The minimum Gasteiger partial charge on any atom is -0.460 e. The Balaban J connectivity index is 4.54. The molecule has 0 radical (unpaired) electrons. The zero-order chi connectivity index (χ0) is 20.8. The molecular weight excluding hydrogens is 332 g/mol. The molecule has 0 saturated heterocycles. The Morgan fingerprint density at radius 1 is 0.808 bits per heavy atom. The molecule has 154 valence electrons. The van der Waals surface area contributed by atoms with E-state index in [1.807, 2.05) is 41.5 Å². The van der Waals surface area contributed by atoms with Gasteiger partial charge < -0.3 is 20.9 Å². The summed E-state index contributed by atoms with van der Waals surface area (Å²) in [6.45, 7) is 16.2. The van der Waals surface area contributed by atoms with Gasteiger partial charge in [0, 0.05) is 12.8 Å². The van der Waals surface area contributed by atoms with Crippen molar-refractivity contribution in [2.45, 2.75) is 85.9 Å². The van der Waals surface area contributed by atoms with Crippen LogP contribution in [0.15, 0.2) is 0 Å². The summed E-state index contributed by atoms with van der Waals surface area (Å²) in [4.78, 5) is 24.6. The van der Waals surface area contributed by atoms with Crippen LogP contribution in [-0.4, -0.2) is 42.7 Å². The highest BCUT2D eigenvalue weighted by atomic mass is 16.6. The van der Waals surface area contributed by atoms with Crippen LogP contribution in [0.2, 0.25) is 0 Å². The zero-order valence-electron chi connectivity index (χ0n) is 18.0. The van der Waals surface area contributed by atoms with Crippen LogP contribution >= 0.6 is 0 Å². The Kier molecular flexibility index (Phi) is 8.94. The van der Waals surface area contributed by atoms with E-state index in [-0.39, 0.29) is 29.0 Å². The number of esters is 1. The highest BCUT2D eigenvalue weighted by molar-refractivity contribution is 5.87. The van der Waals surface area contributed by atoms with E-state index in [0.717, 1.165) is 0 Å². The van der Waals surface area contributed by atoms with E-state index < -0.39 is 11.2 Å². The molecular formula is C20H40N2O4. The number of nitrogens with two attached hydrogens (primary N) is 2. The Bertz CT molecular complexity index is 482. The number of hydrogen-bond acceptors (Lipinski definition) is 6. The molecule has 0 bridgehead atoms. The summed E-state index contributed by atoms with van der Waals surface area (Å²) in [6, 6.07) is 0. The third-order valence-corrected chi connectivity index (χ3v) is 4.60. The molecule has 0 aliphatic heterocycles. The van der Waals surface area contributed by atoms with Crippen molar-refractivity contribution in [2.24, 2.45) is 22.3 Å². The Hall–Kier alpha value is -0.980. The van der Waals surface area contributed by atoms with Gasteiger partial charge in [0.2, 0.25) is 0 Å². The number of rotatable bonds is 12. The molecule has 0 spiro atoms. The maximum absolute atomic E-state index is 12.5. The van der Waals surface area contributed by atoms with E-state index in [1.54, 1.807) is 13.8 Å². The lowest BCUT2D eigenvalue weighted by Gasteiger charge is -2.32. The molecule has 0 aliphatic rings. The number of carbonyl (C=O) groups excluding carboxylic acids is 2. The molecule has 4 N–H and O–H groups in total. The molecule has 0 saturated carbocycles. The first kappa shape index (κ1) is 25.0. The monoisotopic (exact) mass is 372 g/mol. The van der Waals surface area contributed by atoms with Crippen molar-refractivity contribution in [1.29, 1.82) is 0 Å². The number of ether oxygens (including phenoxy) is 2. The van der Waals surface area contributed by atoms with Crippen molar-refractivity contribution in [2.75, 3.05) is 19.7 Å². The molecule has 0 aliphatic carbocycles. The van der Waals surface area contributed by atoms with E-state index in [2.05, 4.69) is 0 Å². The number of Topliss-reactive ketones (excluding diaryl/α,β-unsaturated/α-hetero) is 1. The number of hydrogen-bond donors (Lipinski definition) is 2. The van der Waals surface area contributed by atoms with Gasteiger partial charge in [-0.2, -0.15) is 0 Å². The maximum Gasteiger partial charge on any atom is 0.306 e. The smallest absolute Gasteiger partial charge is 0.306 e. The van der Waals surface area contributed by atoms with Crippen molar-refractivity contribution in [3.8, 4) is 0 Å². The van der Waals surface area contributed by atoms with Gasteiger partial charge in [0.25, 0.3) is 0 Å². The third-order valence-electron chi connectivity index (χ3n) is 4.60. The van der Waals surface area contributed by atoms with Crippen LogP contribution in [0.4, 0.5) is 0 Å². The lowest BCUT2D eigenvalue weighted by Crippen LogP contribution is -2.41. The highest BCUT2D eigenvalue weighted by Crippen LogP contribution is 2.26. The van der Waals surface area contributed by atoms with Crippen LogP contribution in [0, 0.1) is 10.8 Å². The second kappa shape index (κ2) is 9.29. The maximum atomic E-state index is 12.5. The summed E-state index contributed by atoms with van der Waals surface area (Å²) >= 11 is 0. The van der Waals surface area contributed by atoms with Crippen LogP contribution < -0.4 is 11.5 Å². The van der Waals surface area contributed by atoms with Crippen molar-refractivity contribution in [3.05, 3.63) is 0 Å². The van der Waals surface area contributed by atoms with Crippen molar-refractivity contribution < 1.29 is 19.1 Å². The number of ketones is 1. The summed E-state index contributed by atoms with van der Waals surface area (Å²) in [6.07, 6.45) is 1.13. The quantitative estimate of drug-likeness (QED) is 0.510. The van der Waals surface area contributed by atoms with Crippen molar-refractivity contribution >= 4 is 11.8 Å². The van der Waals surface area contributed by atoms with Gasteiger partial charge >= 0.3 is 5.97 Å². The van der Waals surface area contributed by atoms with Crippen LogP contribution in [-0.2, 0) is 19.1 Å². The molecule has 26 heavy (non-hydrogen) atoms. The summed E-state index contributed by atoms with van der Waals surface area (Å²) in [5.41, 5.74) is 9.27. The highest BCUT2D eigenvalue weighted by Gasteiger charge is 2.34. The Labute approximate surface area is 159 Å². The fraction of sp³-hybridized carbons (Fsp3) is 0.900. The second-order valence-electron chi connectivity index (χ2n) is 9.86. The first-order valence-corrected chi connectivity index (χ1v) is 9.35. The van der Waals surface area contributed by atoms with Gasteiger partial charge in [-0.3, -0.25) is 9.59 Å². The van der Waals surface area contributed by atoms with E-state index in [9.17, 15) is 9.59 Å². The Morgan fingerprint density at radius 3 is 1.73 bits per heavy atom. The van der Waals surface area contributed by atoms with E-state index >= 15 is 0 Å². The fourth-order valence-corrected chi connectivity index (χ4v) is 2.21. The molecule has 0 fully saturated rings. The van der Waals surface area contributed by atoms with E-state index in [0.29, 0.717) is 32.5 Å². The second-order valence-corrected chi connectivity index (χ2v) is 9.86. The van der Waals surface area contributed by atoms with E-state index in [1.165, 1.54) is 0 Å². The topological polar surface area (TPSA) is 105 Å². The molecule has 0 unspecified atom stereocenters. The van der Waals surface area contributed by atoms with Gasteiger partial charge in [0.1, 0.15) is 11.2 Å². The summed E-state index contributed by atoms with van der Waals surface area (Å²) in [5.74, 6) is -0.252. The average Bonchev–Trinajstić information content (AvgIpc) is 2.44. The first-order chi connectivity index (χ1) is 11.6. The third kappa shape index (κ3) is 9.64. The predicted molar refractivity (Wildman–Crippen MR) is 105 cm³/mol. The van der Waals surface area contributed by atoms with Gasteiger partial charge in [-0.25, -0.2) is 0 Å². The minimum atomic E-state index is -0.895. The van der Waals surface area contributed by atoms with Gasteiger partial charge in [-0.05, 0) is 51.6 Å². The van der Waals surface area contributed by atoms with Gasteiger partial charge in [-0.1, -0.05) is 27.7 Å². The first-order valence-electron chi connectivity index (χ1n) is 9.35. The standard InChI is InChI=1S/C20H40N2O4/c1-17(2,13-21)11-15(23)20(7,8)25-10-9-19(5,6)26-16(24)12-18(3,4)14-22/h9-14,21-22H2,1-8H3. The molecule has 0 rings (SSSR count). The fourth-order valence-electron chi connectivity index (χ4n) is 2.21. The molecule has 0 heterocycles. The van der Waals surface area contributed by atoms with Gasteiger partial charge in [0.05, 0.1) is 13.0 Å². The molecule has 0 atom stereocenters. The molecule has 0 aromatic heterocycles. The predicted octanol–water partition coefficient (Wildman–Crippen LogP) is 2.81. The van der Waals surface area contributed by atoms with Crippen LogP contribution in [0.1, 0.15) is 74.7 Å². The van der Waals surface area contributed by atoms with Crippen molar-refractivity contribution in [1.82, 2.24) is 0 Å². The van der Waals surface area contributed by atoms with Crippen LogP contribution in [0.5, 0.6) is 0 Å². The Morgan fingerprint density at radius 2 is 1.27 bits per heavy atom. The minimum absolute atomic E-state index is 0.0208. The molecule has 0 amide bonds. The van der Waals surface area contributed by atoms with Crippen LogP contribution in [0.25, 0.3) is 0 Å². The lowest BCUT2D eigenvalue weighted by molar-refractivity contribution is -0.163. The van der Waals surface area contributed by atoms with Crippen molar-refractivity contribution in [3.63, 3.8) is 0 Å². The normalized spacial score (nSPS) is 13.6. The molecule has 0 aromatic rings. The summed E-state index contributed by atoms with van der Waals surface area (Å²) < 4.78 is 11.4. The van der Waals surface area contributed by atoms with Gasteiger partial charge in [-0.15, -0.1) is 0 Å². The summed E-state index contributed by atoms with van der Waals surface area (Å²) in [7, 11) is 0. The zero-order valence-corrected chi connectivity index (χ0v) is 18.0. The number of carbonyl (C=O) groups is 2.